The van der Waals surface area contributed by atoms with Crippen molar-refractivity contribution in [2.45, 2.75) is 4.90 Å². The van der Waals surface area contributed by atoms with Crippen molar-refractivity contribution < 1.29 is 47.7 Å². The first kappa shape index (κ1) is 37.2. The SMILES string of the molecule is O=C(O)c1cc(C(=O)O)cc(S(=O)(=O)O)c1.OCCOCCO.c1ccc([N+](c2ccccc2)(c2ccccc2)c2ccccc2)cc1. The van der Waals surface area contributed by atoms with Crippen LogP contribution in [0.25, 0.3) is 0 Å². The van der Waals surface area contributed by atoms with Gasteiger partial charge in [0.25, 0.3) is 10.1 Å². The Hall–Kier alpha value is -5.21. The van der Waals surface area contributed by atoms with Gasteiger partial charge in [-0.15, -0.1) is 0 Å². The van der Waals surface area contributed by atoms with Crippen LogP contribution >= 0.6 is 0 Å². The second kappa shape index (κ2) is 18.2. The predicted molar refractivity (Wildman–Crippen MR) is 182 cm³/mol. The quantitative estimate of drug-likeness (QED) is 0.0606. The Bertz CT molecular complexity index is 1640. The summed E-state index contributed by atoms with van der Waals surface area (Å²) >= 11 is 0. The number of aliphatic hydroxyl groups is 2. The summed E-state index contributed by atoms with van der Waals surface area (Å²) < 4.78 is 35.4. The Balaban J connectivity index is 0.000000233. The van der Waals surface area contributed by atoms with Crippen LogP contribution in [0.2, 0.25) is 0 Å². The van der Waals surface area contributed by atoms with E-state index in [4.69, 9.17) is 25.0 Å². The molecule has 0 saturated carbocycles. The number of aromatic carboxylic acids is 2. The first-order valence-electron chi connectivity index (χ1n) is 14.6. The number of rotatable bonds is 11. The molecule has 0 bridgehead atoms. The number of hydrogen-bond donors (Lipinski definition) is 5. The number of nitrogens with zero attached hydrogens (tertiary/aromatic N) is 1. The molecule has 0 amide bonds. The molecule has 250 valence electrons. The molecular formula is C36H36NO10S+. The maximum absolute atomic E-state index is 10.8. The number of carbonyl (C=O) groups is 2. The minimum Gasteiger partial charge on any atom is -0.478 e. The number of carboxylic acid groups (broad SMARTS) is 2. The first-order chi connectivity index (χ1) is 23.0. The zero-order valence-corrected chi connectivity index (χ0v) is 26.6. The van der Waals surface area contributed by atoms with Crippen LogP contribution in [0.1, 0.15) is 20.7 Å². The second-order valence-electron chi connectivity index (χ2n) is 9.90. The van der Waals surface area contributed by atoms with E-state index in [9.17, 15) is 18.0 Å². The fraction of sp³-hybridized carbons (Fsp3) is 0.111. The van der Waals surface area contributed by atoms with Crippen molar-refractivity contribution in [3.63, 3.8) is 0 Å². The maximum Gasteiger partial charge on any atom is 0.335 e. The zero-order valence-electron chi connectivity index (χ0n) is 25.7. The molecule has 0 aliphatic rings. The van der Waals surface area contributed by atoms with Crippen molar-refractivity contribution in [2.75, 3.05) is 26.4 Å². The Kier molecular flexibility index (Phi) is 14.1. The summed E-state index contributed by atoms with van der Waals surface area (Å²) in [4.78, 5) is 20.4. The van der Waals surface area contributed by atoms with E-state index in [1.165, 1.54) is 22.7 Å². The molecule has 0 fully saturated rings. The number of para-hydroxylation sites is 4. The molecule has 48 heavy (non-hydrogen) atoms. The van der Waals surface area contributed by atoms with Crippen molar-refractivity contribution in [1.29, 1.82) is 0 Å². The highest BCUT2D eigenvalue weighted by Gasteiger charge is 2.38. The topological polar surface area (TPSA) is 179 Å². The summed E-state index contributed by atoms with van der Waals surface area (Å²) in [5, 5.41) is 33.4. The fourth-order valence-corrected chi connectivity index (χ4v) is 5.28. The summed E-state index contributed by atoms with van der Waals surface area (Å²) in [6, 6.07) is 44.9. The number of aliphatic hydroxyl groups excluding tert-OH is 2. The number of hydrogen-bond acceptors (Lipinski definition) is 7. The molecule has 0 aliphatic carbocycles. The van der Waals surface area contributed by atoms with E-state index in [1.54, 1.807) is 0 Å². The van der Waals surface area contributed by atoms with Gasteiger partial charge in [-0.05, 0) is 18.2 Å². The van der Waals surface area contributed by atoms with Crippen molar-refractivity contribution in [1.82, 2.24) is 4.48 Å². The lowest BCUT2D eigenvalue weighted by molar-refractivity contribution is 0.0650. The third-order valence-electron chi connectivity index (χ3n) is 6.74. The van der Waals surface area contributed by atoms with Crippen LogP contribution in [0.3, 0.4) is 0 Å². The van der Waals surface area contributed by atoms with Crippen LogP contribution in [-0.2, 0) is 14.9 Å². The van der Waals surface area contributed by atoms with Gasteiger partial charge in [0.1, 0.15) is 22.7 Å². The maximum atomic E-state index is 10.8. The van der Waals surface area contributed by atoms with Gasteiger partial charge in [-0.3, -0.25) is 4.55 Å². The number of quaternary nitrogens is 1. The number of carboxylic acids is 2. The standard InChI is InChI=1S/C24H20N.C8H6O7S.C4H10O3/c1-5-13-21(14-6-1)25(22-15-7-2-8-16-22,23-17-9-3-10-18-23)24-19-11-4-12-20-24;9-7(10)4-1-5(8(11)12)3-6(2-4)16(13,14)15;5-1-3-7-4-2-6/h1-20H;1-3H,(H,9,10)(H,11,12)(H,13,14,15);5-6H,1-4H2/q+1;;. The number of ether oxygens (including phenoxy) is 1. The Labute approximate surface area is 278 Å². The predicted octanol–water partition coefficient (Wildman–Crippen LogP) is 6.31. The Morgan fingerprint density at radius 2 is 0.833 bits per heavy atom. The highest BCUT2D eigenvalue weighted by molar-refractivity contribution is 7.85. The largest absolute Gasteiger partial charge is 0.478 e. The average Bonchev–Trinajstić information content (AvgIpc) is 3.11. The minimum absolute atomic E-state index is 0.0278. The van der Waals surface area contributed by atoms with E-state index in [0.29, 0.717) is 29.8 Å². The van der Waals surface area contributed by atoms with Gasteiger partial charge in [0.15, 0.2) is 0 Å². The molecule has 5 rings (SSSR count). The summed E-state index contributed by atoms with van der Waals surface area (Å²) in [7, 11) is -4.64. The van der Waals surface area contributed by atoms with E-state index < -0.39 is 38.1 Å². The van der Waals surface area contributed by atoms with Gasteiger partial charge in [0.05, 0.1) is 42.4 Å². The first-order valence-corrected chi connectivity index (χ1v) is 16.0. The van der Waals surface area contributed by atoms with Crippen molar-refractivity contribution >= 4 is 44.8 Å². The van der Waals surface area contributed by atoms with Crippen molar-refractivity contribution in [2.24, 2.45) is 0 Å². The van der Waals surface area contributed by atoms with Crippen molar-refractivity contribution in [3.05, 3.63) is 151 Å². The molecule has 0 spiro atoms. The van der Waals surface area contributed by atoms with Gasteiger partial charge in [-0.2, -0.15) is 12.9 Å². The molecule has 0 aliphatic heterocycles. The molecule has 5 aromatic rings. The Morgan fingerprint density at radius 3 is 1.06 bits per heavy atom. The second-order valence-corrected chi connectivity index (χ2v) is 11.3. The third-order valence-corrected chi connectivity index (χ3v) is 7.57. The van der Waals surface area contributed by atoms with E-state index in [1.807, 2.05) is 0 Å². The third kappa shape index (κ3) is 9.89. The number of benzene rings is 5. The van der Waals surface area contributed by atoms with Gasteiger partial charge in [0.2, 0.25) is 0 Å². The lowest BCUT2D eigenvalue weighted by atomic mass is 10.1. The van der Waals surface area contributed by atoms with Crippen LogP contribution in [0.15, 0.2) is 144 Å². The molecule has 0 radical (unpaired) electrons. The van der Waals surface area contributed by atoms with Gasteiger partial charge in [-0.25, -0.2) is 9.59 Å². The molecule has 11 nitrogen and oxygen atoms in total. The summed E-state index contributed by atoms with van der Waals surface area (Å²) in [5.41, 5.74) is 3.79. The average molecular weight is 675 g/mol. The van der Waals surface area contributed by atoms with E-state index >= 15 is 0 Å². The van der Waals surface area contributed by atoms with E-state index in [-0.39, 0.29) is 13.2 Å². The zero-order chi connectivity index (χ0) is 35.0. The highest BCUT2D eigenvalue weighted by Crippen LogP contribution is 2.50. The van der Waals surface area contributed by atoms with Gasteiger partial charge in [0, 0.05) is 48.5 Å². The normalized spacial score (nSPS) is 10.9. The monoisotopic (exact) mass is 674 g/mol. The Morgan fingerprint density at radius 1 is 0.542 bits per heavy atom. The van der Waals surface area contributed by atoms with Crippen LogP contribution in [0, 0.1) is 0 Å². The minimum atomic E-state index is -4.64. The van der Waals surface area contributed by atoms with Crippen LogP contribution < -0.4 is 4.48 Å². The molecule has 0 saturated heterocycles. The van der Waals surface area contributed by atoms with E-state index in [0.717, 1.165) is 6.07 Å². The highest BCUT2D eigenvalue weighted by atomic mass is 32.2. The summed E-state index contributed by atoms with van der Waals surface area (Å²) in [6.45, 7) is 0.696. The molecule has 5 aromatic carbocycles. The van der Waals surface area contributed by atoms with Gasteiger partial charge < -0.3 is 25.2 Å². The van der Waals surface area contributed by atoms with Crippen LogP contribution in [0.5, 0.6) is 0 Å². The van der Waals surface area contributed by atoms with Crippen LogP contribution in [0.4, 0.5) is 22.7 Å². The van der Waals surface area contributed by atoms with Gasteiger partial charge in [-0.1, -0.05) is 72.8 Å². The van der Waals surface area contributed by atoms with Gasteiger partial charge >= 0.3 is 11.9 Å². The molecule has 0 unspecified atom stereocenters. The smallest absolute Gasteiger partial charge is 0.335 e. The lowest BCUT2D eigenvalue weighted by Crippen LogP contribution is -2.33. The van der Waals surface area contributed by atoms with E-state index in [2.05, 4.69) is 126 Å². The summed E-state index contributed by atoms with van der Waals surface area (Å²) in [6.07, 6.45) is 0. The summed E-state index contributed by atoms with van der Waals surface area (Å²) in [5.74, 6) is -2.99. The molecule has 0 atom stereocenters. The molecule has 0 aromatic heterocycles. The van der Waals surface area contributed by atoms with Crippen LogP contribution in [-0.4, -0.2) is 71.8 Å². The molecular weight excluding hydrogens is 638 g/mol. The molecule has 12 heteroatoms. The lowest BCUT2D eigenvalue weighted by Gasteiger charge is -2.37. The van der Waals surface area contributed by atoms with Crippen molar-refractivity contribution in [3.8, 4) is 0 Å². The fourth-order valence-electron chi connectivity index (χ4n) is 4.73. The molecule has 5 N–H and O–H groups in total. The molecule has 0 heterocycles.